The van der Waals surface area contributed by atoms with Gasteiger partial charge in [-0.15, -0.1) is 10.2 Å². The third-order valence-corrected chi connectivity index (χ3v) is 8.45. The summed E-state index contributed by atoms with van der Waals surface area (Å²) in [4.78, 5) is 58.6. The number of nitrogen functional groups attached to an aromatic ring is 1. The fourth-order valence-corrected chi connectivity index (χ4v) is 5.87. The number of nitrogens with zero attached hydrogens (tertiary/aromatic N) is 5. The number of ether oxygens (including phenoxy) is 5. The van der Waals surface area contributed by atoms with Crippen molar-refractivity contribution >= 4 is 40.9 Å². The molecule has 3 heterocycles. The Morgan fingerprint density at radius 3 is 1.70 bits per heavy atom. The number of aromatic nitrogens is 5. The lowest BCUT2D eigenvalue weighted by Crippen LogP contribution is -2.52. The van der Waals surface area contributed by atoms with Crippen molar-refractivity contribution in [3.05, 3.63) is 150 Å². The van der Waals surface area contributed by atoms with E-state index in [9.17, 15) is 19.2 Å². The maximum atomic E-state index is 13.9. The van der Waals surface area contributed by atoms with E-state index in [4.69, 9.17) is 29.4 Å². The van der Waals surface area contributed by atoms with Crippen LogP contribution in [0.1, 0.15) is 41.4 Å². The second kappa shape index (κ2) is 15.1. The number of carbonyl (C=O) groups is 4. The highest BCUT2D eigenvalue weighted by molar-refractivity contribution is 5.91. The summed E-state index contributed by atoms with van der Waals surface area (Å²) >= 11 is 0. The van der Waals surface area contributed by atoms with E-state index in [-0.39, 0.29) is 39.2 Å². The molecule has 1 saturated heterocycles. The van der Waals surface area contributed by atoms with Crippen LogP contribution in [0.25, 0.3) is 11.2 Å². The normalized spacial score (nSPS) is 19.3. The van der Waals surface area contributed by atoms with Crippen LogP contribution in [0.2, 0.25) is 0 Å². The minimum Gasteiger partial charge on any atom is -0.459 e. The summed E-state index contributed by atoms with van der Waals surface area (Å²) in [6.07, 6.45) is -3.16. The van der Waals surface area contributed by atoms with Gasteiger partial charge >= 0.3 is 23.9 Å². The number of esters is 4. The molecule has 0 radical (unpaired) electrons. The lowest BCUT2D eigenvalue weighted by molar-refractivity contribution is -0.172. The van der Waals surface area contributed by atoms with Crippen molar-refractivity contribution in [1.82, 2.24) is 25.0 Å². The Balaban J connectivity index is 1.36. The summed E-state index contributed by atoms with van der Waals surface area (Å²) in [6.45, 7) is -1.17. The van der Waals surface area contributed by atoms with Gasteiger partial charge in [-0.05, 0) is 53.7 Å². The summed E-state index contributed by atoms with van der Waals surface area (Å²) in [5, 5.41) is 11.6. The predicted octanol–water partition coefficient (Wildman–Crippen LogP) is 4.02. The van der Waals surface area contributed by atoms with Gasteiger partial charge in [0.2, 0.25) is 5.72 Å². The standard InChI is InChI=1S/C38H30N6O9/c39-32-29-33(42-43-41-32)44(23-40-29)38(22-50-35(46)25-15-7-2-8-16-25)31(52-37(48)27-19-11-4-12-20-27)30(51-36(47)26-17-9-3-10-18-26)28(53-38)21-49-34(45)24-13-5-1-6-14-24/h1-20,23,28,30-31H,21-22H2,(H2,39,41,42)/t28-,30?,31+,38-/m1/s1. The van der Waals surface area contributed by atoms with Crippen molar-refractivity contribution in [3.8, 4) is 0 Å². The van der Waals surface area contributed by atoms with Gasteiger partial charge in [0, 0.05) is 0 Å². The van der Waals surface area contributed by atoms with E-state index in [1.54, 1.807) is 97.1 Å². The Morgan fingerprint density at radius 1 is 0.660 bits per heavy atom. The molecule has 6 aromatic rings. The zero-order valence-corrected chi connectivity index (χ0v) is 27.8. The predicted molar refractivity (Wildman–Crippen MR) is 185 cm³/mol. The number of imidazole rings is 1. The zero-order chi connectivity index (χ0) is 36.8. The summed E-state index contributed by atoms with van der Waals surface area (Å²) < 4.78 is 31.9. The molecular formula is C38H30N6O9. The average molecular weight is 715 g/mol. The van der Waals surface area contributed by atoms with Crippen molar-refractivity contribution in [2.24, 2.45) is 0 Å². The van der Waals surface area contributed by atoms with E-state index in [0.717, 1.165) is 0 Å². The molecule has 7 rings (SSSR count). The first-order valence-corrected chi connectivity index (χ1v) is 16.3. The molecule has 266 valence electrons. The third kappa shape index (κ3) is 7.13. The minimum absolute atomic E-state index is 0.00378. The van der Waals surface area contributed by atoms with E-state index in [2.05, 4.69) is 20.4 Å². The molecular weight excluding hydrogens is 684 g/mol. The van der Waals surface area contributed by atoms with Crippen LogP contribution in [0.3, 0.4) is 0 Å². The number of fused-ring (bicyclic) bond motifs is 1. The molecule has 53 heavy (non-hydrogen) atoms. The van der Waals surface area contributed by atoms with Crippen LogP contribution < -0.4 is 5.73 Å². The molecule has 4 aromatic carbocycles. The first-order chi connectivity index (χ1) is 25.8. The van der Waals surface area contributed by atoms with E-state index in [1.165, 1.54) is 35.2 Å². The van der Waals surface area contributed by atoms with Gasteiger partial charge in [0.25, 0.3) is 0 Å². The molecule has 0 spiro atoms. The smallest absolute Gasteiger partial charge is 0.338 e. The van der Waals surface area contributed by atoms with Gasteiger partial charge in [-0.2, -0.15) is 0 Å². The number of benzene rings is 4. The van der Waals surface area contributed by atoms with Crippen molar-refractivity contribution in [3.63, 3.8) is 0 Å². The fourth-order valence-electron chi connectivity index (χ4n) is 5.87. The van der Waals surface area contributed by atoms with E-state index < -0.39 is 61.1 Å². The molecule has 15 heteroatoms. The van der Waals surface area contributed by atoms with Gasteiger partial charge in [-0.1, -0.05) is 72.8 Å². The van der Waals surface area contributed by atoms with Gasteiger partial charge < -0.3 is 29.4 Å². The average Bonchev–Trinajstić information content (AvgIpc) is 3.77. The second-order valence-electron chi connectivity index (χ2n) is 11.8. The van der Waals surface area contributed by atoms with Gasteiger partial charge in [0.1, 0.15) is 19.3 Å². The van der Waals surface area contributed by atoms with Crippen molar-refractivity contribution in [2.45, 2.75) is 24.0 Å². The number of hydrogen-bond acceptors (Lipinski definition) is 14. The first-order valence-electron chi connectivity index (χ1n) is 16.3. The SMILES string of the molecule is Nc1nnnc2c1ncn2[C@]1(COC(=O)c2ccccc2)O[C@H](COC(=O)c2ccccc2)C(OC(=O)c2ccccc2)[C@@H]1OC(=O)c1ccccc1. The molecule has 1 fully saturated rings. The van der Waals surface area contributed by atoms with Gasteiger partial charge in [-0.25, -0.2) is 24.2 Å². The molecule has 0 saturated carbocycles. The Morgan fingerprint density at radius 2 is 1.15 bits per heavy atom. The summed E-state index contributed by atoms with van der Waals surface area (Å²) in [5.74, 6) is -3.18. The van der Waals surface area contributed by atoms with E-state index >= 15 is 0 Å². The maximum absolute atomic E-state index is 13.9. The minimum atomic E-state index is -2.09. The molecule has 1 aliphatic rings. The second-order valence-corrected chi connectivity index (χ2v) is 11.8. The number of hydrogen-bond donors (Lipinski definition) is 1. The Hall–Kier alpha value is -7.00. The Labute approximate surface area is 301 Å². The summed E-state index contributed by atoms with van der Waals surface area (Å²) in [7, 11) is 0. The van der Waals surface area contributed by atoms with Gasteiger partial charge in [0.05, 0.1) is 28.6 Å². The summed E-state index contributed by atoms with van der Waals surface area (Å²) in [5.41, 5.74) is 4.89. The van der Waals surface area contributed by atoms with Crippen molar-refractivity contribution < 1.29 is 42.9 Å². The zero-order valence-electron chi connectivity index (χ0n) is 27.8. The Kier molecular flexibility index (Phi) is 9.80. The molecule has 1 aliphatic heterocycles. The molecule has 2 aromatic heterocycles. The summed E-state index contributed by atoms with van der Waals surface area (Å²) in [6, 6.07) is 32.6. The highest BCUT2D eigenvalue weighted by atomic mass is 16.7. The monoisotopic (exact) mass is 714 g/mol. The van der Waals surface area contributed by atoms with Crippen LogP contribution in [0.15, 0.2) is 128 Å². The van der Waals surface area contributed by atoms with E-state index in [1.807, 2.05) is 0 Å². The lowest BCUT2D eigenvalue weighted by atomic mass is 10.0. The van der Waals surface area contributed by atoms with Crippen molar-refractivity contribution in [2.75, 3.05) is 18.9 Å². The molecule has 0 bridgehead atoms. The Bertz CT molecular complexity index is 2240. The fraction of sp³-hybridized carbons (Fsp3) is 0.158. The third-order valence-electron chi connectivity index (χ3n) is 8.45. The van der Waals surface area contributed by atoms with E-state index in [0.29, 0.717) is 0 Å². The van der Waals surface area contributed by atoms with Crippen LogP contribution in [-0.2, 0) is 29.4 Å². The molecule has 0 aliphatic carbocycles. The highest BCUT2D eigenvalue weighted by Crippen LogP contribution is 2.42. The topological polar surface area (TPSA) is 197 Å². The first kappa shape index (κ1) is 34.4. The highest BCUT2D eigenvalue weighted by Gasteiger charge is 2.62. The lowest BCUT2D eigenvalue weighted by Gasteiger charge is -2.35. The number of anilines is 1. The van der Waals surface area contributed by atoms with Crippen LogP contribution in [0.5, 0.6) is 0 Å². The number of nitrogens with two attached hydrogens (primary N) is 1. The molecule has 0 amide bonds. The largest absolute Gasteiger partial charge is 0.459 e. The molecule has 1 unspecified atom stereocenters. The van der Waals surface area contributed by atoms with Crippen LogP contribution in [0, 0.1) is 0 Å². The van der Waals surface area contributed by atoms with Crippen molar-refractivity contribution in [1.29, 1.82) is 0 Å². The van der Waals surface area contributed by atoms with Gasteiger partial charge in [-0.3, -0.25) is 4.57 Å². The number of rotatable bonds is 11. The molecule has 15 nitrogen and oxygen atoms in total. The van der Waals surface area contributed by atoms with Crippen LogP contribution >= 0.6 is 0 Å². The van der Waals surface area contributed by atoms with Crippen LogP contribution in [-0.4, -0.2) is 80.4 Å². The molecule has 4 atom stereocenters. The van der Waals surface area contributed by atoms with Crippen LogP contribution in [0.4, 0.5) is 5.82 Å². The number of carbonyl (C=O) groups excluding carboxylic acids is 4. The quantitative estimate of drug-likeness (QED) is 0.149. The molecule has 2 N–H and O–H groups in total. The maximum Gasteiger partial charge on any atom is 0.338 e. The van der Waals surface area contributed by atoms with Gasteiger partial charge in [0.15, 0.2) is 29.2 Å².